The van der Waals surface area contributed by atoms with Crippen LogP contribution in [0.3, 0.4) is 0 Å². The van der Waals surface area contributed by atoms with Gasteiger partial charge in [-0.2, -0.15) is 0 Å². The van der Waals surface area contributed by atoms with E-state index in [0.717, 1.165) is 12.5 Å². The molecule has 4 heteroatoms. The van der Waals surface area contributed by atoms with Crippen LogP contribution in [0.4, 0.5) is 8.78 Å². The maximum atomic E-state index is 13.7. The van der Waals surface area contributed by atoms with Gasteiger partial charge in [0.1, 0.15) is 17.2 Å². The highest BCUT2D eigenvalue weighted by atomic mass is 19.1. The average Bonchev–Trinajstić information content (AvgIpc) is 2.31. The Balaban J connectivity index is 2.78. The number of carbonyl (C=O) groups is 1. The fraction of sp³-hybridized carbons (Fsp3) is 0.357. The summed E-state index contributed by atoms with van der Waals surface area (Å²) < 4.78 is 26.8. The first kappa shape index (κ1) is 14.2. The van der Waals surface area contributed by atoms with Crippen LogP contribution < -0.4 is 0 Å². The van der Waals surface area contributed by atoms with Gasteiger partial charge < -0.3 is 5.11 Å². The van der Waals surface area contributed by atoms with Crippen molar-refractivity contribution in [3.05, 3.63) is 34.9 Å². The molecule has 2 nitrogen and oxygen atoms in total. The van der Waals surface area contributed by atoms with E-state index in [1.54, 1.807) is 0 Å². The van der Waals surface area contributed by atoms with Crippen LogP contribution in [0.15, 0.2) is 12.1 Å². The Morgan fingerprint density at radius 2 is 2.06 bits per heavy atom. The van der Waals surface area contributed by atoms with Gasteiger partial charge in [0.2, 0.25) is 0 Å². The monoisotopic (exact) mass is 252 g/mol. The molecule has 0 bridgehead atoms. The molecule has 0 aromatic heterocycles. The number of halogens is 2. The van der Waals surface area contributed by atoms with Gasteiger partial charge in [-0.05, 0) is 24.5 Å². The van der Waals surface area contributed by atoms with Crippen molar-refractivity contribution in [2.45, 2.75) is 32.6 Å². The topological polar surface area (TPSA) is 37.3 Å². The molecule has 0 unspecified atom stereocenters. The Bertz CT molecular complexity index is 498. The smallest absolute Gasteiger partial charge is 0.341 e. The van der Waals surface area contributed by atoms with Gasteiger partial charge >= 0.3 is 5.97 Å². The minimum absolute atomic E-state index is 0.215. The molecule has 1 aromatic rings. The third kappa shape index (κ3) is 3.56. The van der Waals surface area contributed by atoms with Crippen LogP contribution in [0.2, 0.25) is 0 Å². The van der Waals surface area contributed by atoms with Gasteiger partial charge in [-0.1, -0.05) is 13.0 Å². The van der Waals surface area contributed by atoms with Crippen LogP contribution in [0.25, 0.3) is 0 Å². The van der Waals surface area contributed by atoms with E-state index < -0.39 is 23.2 Å². The molecule has 0 radical (unpaired) electrons. The molecular weight excluding hydrogens is 238 g/mol. The first-order valence-corrected chi connectivity index (χ1v) is 5.73. The number of carboxylic acids is 1. The van der Waals surface area contributed by atoms with Crippen LogP contribution in [0.1, 0.15) is 42.1 Å². The van der Waals surface area contributed by atoms with E-state index in [2.05, 4.69) is 11.8 Å². The average molecular weight is 252 g/mol. The third-order valence-electron chi connectivity index (χ3n) is 2.43. The van der Waals surface area contributed by atoms with E-state index >= 15 is 0 Å². The highest BCUT2D eigenvalue weighted by Gasteiger charge is 2.19. The van der Waals surface area contributed by atoms with Gasteiger partial charge in [-0.15, -0.1) is 11.8 Å². The lowest BCUT2D eigenvalue weighted by atomic mass is 10.0. The molecule has 0 amide bonds. The highest BCUT2D eigenvalue weighted by Crippen LogP contribution is 2.18. The lowest BCUT2D eigenvalue weighted by molar-refractivity contribution is 0.0686. The molecule has 96 valence electrons. The van der Waals surface area contributed by atoms with Gasteiger partial charge in [0.15, 0.2) is 0 Å². The van der Waals surface area contributed by atoms with E-state index in [1.807, 2.05) is 6.92 Å². The SMILES string of the molecule is CCC#CCCCc1ccc(F)c(C(=O)O)c1F. The van der Waals surface area contributed by atoms with Crippen LogP contribution in [0, 0.1) is 23.5 Å². The molecule has 0 saturated heterocycles. The Morgan fingerprint density at radius 3 is 2.67 bits per heavy atom. The molecule has 0 aliphatic carbocycles. The van der Waals surface area contributed by atoms with Crippen molar-refractivity contribution in [1.29, 1.82) is 0 Å². The Hall–Kier alpha value is -1.89. The summed E-state index contributed by atoms with van der Waals surface area (Å²) >= 11 is 0. The highest BCUT2D eigenvalue weighted by molar-refractivity contribution is 5.88. The molecule has 0 spiro atoms. The van der Waals surface area contributed by atoms with Gasteiger partial charge in [0, 0.05) is 12.8 Å². The second-order valence-electron chi connectivity index (χ2n) is 3.76. The van der Waals surface area contributed by atoms with E-state index in [4.69, 9.17) is 5.11 Å². The lowest BCUT2D eigenvalue weighted by Gasteiger charge is -2.05. The summed E-state index contributed by atoms with van der Waals surface area (Å²) in [6.07, 6.45) is 2.36. The normalized spacial score (nSPS) is 9.72. The van der Waals surface area contributed by atoms with E-state index in [9.17, 15) is 13.6 Å². The second-order valence-corrected chi connectivity index (χ2v) is 3.76. The molecule has 18 heavy (non-hydrogen) atoms. The van der Waals surface area contributed by atoms with Crippen molar-refractivity contribution in [1.82, 2.24) is 0 Å². The predicted octanol–water partition coefficient (Wildman–Crippen LogP) is 3.40. The van der Waals surface area contributed by atoms with E-state index in [0.29, 0.717) is 19.3 Å². The molecule has 0 atom stereocenters. The van der Waals surface area contributed by atoms with Crippen molar-refractivity contribution in [2.75, 3.05) is 0 Å². The van der Waals surface area contributed by atoms with Gasteiger partial charge in [0.05, 0.1) is 0 Å². The molecule has 0 heterocycles. The summed E-state index contributed by atoms with van der Waals surface area (Å²) in [6, 6.07) is 2.27. The number of aromatic carboxylic acids is 1. The fourth-order valence-corrected chi connectivity index (χ4v) is 1.57. The maximum absolute atomic E-state index is 13.7. The molecule has 0 aliphatic rings. The first-order chi connectivity index (χ1) is 8.57. The predicted molar refractivity (Wildman–Crippen MR) is 64.3 cm³/mol. The van der Waals surface area contributed by atoms with Gasteiger partial charge in [-0.3, -0.25) is 0 Å². The van der Waals surface area contributed by atoms with Crippen LogP contribution >= 0.6 is 0 Å². The number of rotatable bonds is 4. The molecule has 1 aromatic carbocycles. The second kappa shape index (κ2) is 6.75. The third-order valence-corrected chi connectivity index (χ3v) is 2.43. The summed E-state index contributed by atoms with van der Waals surface area (Å²) in [5, 5.41) is 8.71. The standard InChI is InChI=1S/C14H14F2O2/c1-2-3-4-5-6-7-10-8-9-11(15)12(13(10)16)14(17)18/h8-9H,2,5-7H2,1H3,(H,17,18). The van der Waals surface area contributed by atoms with E-state index in [-0.39, 0.29) is 5.56 Å². The summed E-state index contributed by atoms with van der Waals surface area (Å²) in [5.74, 6) is 2.19. The number of carboxylic acid groups (broad SMARTS) is 1. The van der Waals surface area contributed by atoms with Crippen molar-refractivity contribution < 1.29 is 18.7 Å². The molecule has 1 rings (SSSR count). The number of unbranched alkanes of at least 4 members (excludes halogenated alkanes) is 1. The molecule has 0 aliphatic heterocycles. The lowest BCUT2D eigenvalue weighted by Crippen LogP contribution is -2.07. The summed E-state index contributed by atoms with van der Waals surface area (Å²) in [7, 11) is 0. The maximum Gasteiger partial charge on any atom is 0.341 e. The molecule has 1 N–H and O–H groups in total. The van der Waals surface area contributed by atoms with Gasteiger partial charge in [0.25, 0.3) is 0 Å². The summed E-state index contributed by atoms with van der Waals surface area (Å²) in [4.78, 5) is 10.7. The fourth-order valence-electron chi connectivity index (χ4n) is 1.57. The van der Waals surface area contributed by atoms with Gasteiger partial charge in [-0.25, -0.2) is 13.6 Å². The van der Waals surface area contributed by atoms with Crippen molar-refractivity contribution in [3.8, 4) is 11.8 Å². The Kier molecular flexibility index (Phi) is 5.31. The first-order valence-electron chi connectivity index (χ1n) is 5.73. The summed E-state index contributed by atoms with van der Waals surface area (Å²) in [5.41, 5.74) is -0.667. The largest absolute Gasteiger partial charge is 0.477 e. The Morgan fingerprint density at radius 1 is 1.33 bits per heavy atom. The number of benzene rings is 1. The molecule has 0 saturated carbocycles. The molecular formula is C14H14F2O2. The van der Waals surface area contributed by atoms with Crippen LogP contribution in [-0.2, 0) is 6.42 Å². The zero-order valence-electron chi connectivity index (χ0n) is 10.1. The quantitative estimate of drug-likeness (QED) is 0.658. The van der Waals surface area contributed by atoms with Crippen molar-refractivity contribution in [3.63, 3.8) is 0 Å². The zero-order chi connectivity index (χ0) is 13.5. The van der Waals surface area contributed by atoms with Crippen molar-refractivity contribution in [2.24, 2.45) is 0 Å². The minimum Gasteiger partial charge on any atom is -0.477 e. The minimum atomic E-state index is -1.59. The number of aryl methyl sites for hydroxylation is 1. The number of hydrogen-bond acceptors (Lipinski definition) is 1. The van der Waals surface area contributed by atoms with Crippen molar-refractivity contribution >= 4 is 5.97 Å². The van der Waals surface area contributed by atoms with E-state index in [1.165, 1.54) is 6.07 Å². The van der Waals surface area contributed by atoms with Crippen LogP contribution in [0.5, 0.6) is 0 Å². The molecule has 0 fully saturated rings. The Labute approximate surface area is 105 Å². The van der Waals surface area contributed by atoms with Crippen LogP contribution in [-0.4, -0.2) is 11.1 Å². The zero-order valence-corrected chi connectivity index (χ0v) is 10.1. The number of hydrogen-bond donors (Lipinski definition) is 1. The summed E-state index contributed by atoms with van der Waals surface area (Å²) in [6.45, 7) is 1.94.